The summed E-state index contributed by atoms with van der Waals surface area (Å²) in [5.74, 6) is 7.13. The van der Waals surface area contributed by atoms with Crippen molar-refractivity contribution in [2.45, 2.75) is 62.9 Å². The highest BCUT2D eigenvalue weighted by molar-refractivity contribution is 8.00. The number of thiol groups is 2. The van der Waals surface area contributed by atoms with E-state index in [1.165, 1.54) is 61.5 Å². The molecule has 0 aromatic carbocycles. The zero-order valence-corrected chi connectivity index (χ0v) is 16.5. The van der Waals surface area contributed by atoms with Crippen molar-refractivity contribution in [3.8, 4) is 0 Å². The lowest BCUT2D eigenvalue weighted by Gasteiger charge is -2.28. The SMILES string of the molecule is CC(S)CSCCC1CCC(CCSCC(C)S)CC1. The van der Waals surface area contributed by atoms with Crippen LogP contribution in [0.4, 0.5) is 0 Å². The largest absolute Gasteiger partial charge is 0.175 e. The van der Waals surface area contributed by atoms with Crippen LogP contribution in [-0.4, -0.2) is 33.5 Å². The molecule has 0 heterocycles. The average Bonchev–Trinajstić information content (AvgIpc) is 2.41. The van der Waals surface area contributed by atoms with E-state index >= 15 is 0 Å². The Morgan fingerprint density at radius 1 is 0.800 bits per heavy atom. The molecule has 4 heteroatoms. The van der Waals surface area contributed by atoms with Gasteiger partial charge in [-0.25, -0.2) is 0 Å². The minimum Gasteiger partial charge on any atom is -0.175 e. The molecule has 0 amide bonds. The average molecular weight is 353 g/mol. The predicted molar refractivity (Wildman–Crippen MR) is 106 cm³/mol. The van der Waals surface area contributed by atoms with Gasteiger partial charge in [0.15, 0.2) is 0 Å². The molecule has 1 saturated carbocycles. The number of rotatable bonds is 10. The van der Waals surface area contributed by atoms with Gasteiger partial charge in [-0.15, -0.1) is 0 Å². The lowest BCUT2D eigenvalue weighted by atomic mass is 9.80. The molecule has 0 bridgehead atoms. The first-order valence-electron chi connectivity index (χ1n) is 8.09. The van der Waals surface area contributed by atoms with E-state index < -0.39 is 0 Å². The van der Waals surface area contributed by atoms with Crippen LogP contribution in [0.1, 0.15) is 52.4 Å². The van der Waals surface area contributed by atoms with Gasteiger partial charge in [0.25, 0.3) is 0 Å². The summed E-state index contributed by atoms with van der Waals surface area (Å²) >= 11 is 13.0. The maximum atomic E-state index is 4.44. The third-order valence-electron chi connectivity index (χ3n) is 4.03. The first kappa shape index (κ1) is 19.4. The van der Waals surface area contributed by atoms with E-state index in [4.69, 9.17) is 0 Å². The molecule has 0 radical (unpaired) electrons. The van der Waals surface area contributed by atoms with E-state index in [2.05, 4.69) is 62.6 Å². The van der Waals surface area contributed by atoms with Crippen LogP contribution in [0, 0.1) is 11.8 Å². The molecule has 1 aliphatic rings. The summed E-state index contributed by atoms with van der Waals surface area (Å²) < 4.78 is 0. The summed E-state index contributed by atoms with van der Waals surface area (Å²) in [6, 6.07) is 0. The van der Waals surface area contributed by atoms with E-state index in [1.807, 2.05) is 0 Å². The minimum atomic E-state index is 0.549. The van der Waals surface area contributed by atoms with E-state index in [-0.39, 0.29) is 0 Å². The molecule has 1 aliphatic carbocycles. The number of thioether (sulfide) groups is 2. The van der Waals surface area contributed by atoms with Gasteiger partial charge in [-0.05, 0) is 36.2 Å². The Kier molecular flexibility index (Phi) is 11.6. The first-order valence-corrected chi connectivity index (χ1v) is 11.4. The van der Waals surface area contributed by atoms with Gasteiger partial charge in [0.05, 0.1) is 0 Å². The molecule has 0 saturated heterocycles. The molecule has 1 rings (SSSR count). The van der Waals surface area contributed by atoms with Crippen molar-refractivity contribution in [3.05, 3.63) is 0 Å². The Bertz CT molecular complexity index is 199. The standard InChI is InChI=1S/C16H32S4/c1-13(17)11-19-9-7-15-3-5-16(6-4-15)8-10-20-12-14(2)18/h13-18H,3-12H2,1-2H3. The number of hydrogen-bond acceptors (Lipinski definition) is 4. The zero-order valence-electron chi connectivity index (χ0n) is 13.1. The molecule has 0 N–H and O–H groups in total. The number of hydrogen-bond donors (Lipinski definition) is 2. The van der Waals surface area contributed by atoms with Crippen LogP contribution >= 0.6 is 48.8 Å². The Morgan fingerprint density at radius 3 is 1.45 bits per heavy atom. The summed E-state index contributed by atoms with van der Waals surface area (Å²) in [4.78, 5) is 0. The summed E-state index contributed by atoms with van der Waals surface area (Å²) in [7, 11) is 0. The predicted octanol–water partition coefficient (Wildman–Crippen LogP) is 5.68. The summed E-state index contributed by atoms with van der Waals surface area (Å²) in [5, 5.41) is 1.10. The molecule has 0 aromatic heterocycles. The minimum absolute atomic E-state index is 0.549. The zero-order chi connectivity index (χ0) is 14.8. The highest BCUT2D eigenvalue weighted by Crippen LogP contribution is 2.34. The maximum Gasteiger partial charge on any atom is 0.00791 e. The Morgan fingerprint density at radius 2 is 1.15 bits per heavy atom. The third kappa shape index (κ3) is 10.2. The van der Waals surface area contributed by atoms with Crippen LogP contribution in [0.5, 0.6) is 0 Å². The van der Waals surface area contributed by atoms with Gasteiger partial charge in [0, 0.05) is 22.0 Å². The Labute approximate surface area is 146 Å². The van der Waals surface area contributed by atoms with Crippen LogP contribution in [0.25, 0.3) is 0 Å². The third-order valence-corrected chi connectivity index (χ3v) is 7.40. The van der Waals surface area contributed by atoms with Gasteiger partial charge in [0.2, 0.25) is 0 Å². The first-order chi connectivity index (χ1) is 9.58. The van der Waals surface area contributed by atoms with Crippen molar-refractivity contribution in [2.75, 3.05) is 23.0 Å². The molecule has 0 aliphatic heterocycles. The smallest absolute Gasteiger partial charge is 0.00791 e. The highest BCUT2D eigenvalue weighted by Gasteiger charge is 2.20. The van der Waals surface area contributed by atoms with E-state index in [1.54, 1.807) is 0 Å². The summed E-state index contributed by atoms with van der Waals surface area (Å²) in [6.45, 7) is 4.38. The van der Waals surface area contributed by atoms with Gasteiger partial charge in [-0.3, -0.25) is 0 Å². The van der Waals surface area contributed by atoms with Gasteiger partial charge in [-0.1, -0.05) is 39.5 Å². The molecule has 120 valence electrons. The molecule has 0 nitrogen and oxygen atoms in total. The molecule has 0 spiro atoms. The lowest BCUT2D eigenvalue weighted by molar-refractivity contribution is 0.266. The molecular weight excluding hydrogens is 320 g/mol. The van der Waals surface area contributed by atoms with Crippen LogP contribution < -0.4 is 0 Å². The van der Waals surface area contributed by atoms with Gasteiger partial charge in [0.1, 0.15) is 0 Å². The van der Waals surface area contributed by atoms with Gasteiger partial charge < -0.3 is 0 Å². The van der Waals surface area contributed by atoms with Crippen molar-refractivity contribution < 1.29 is 0 Å². The van der Waals surface area contributed by atoms with Crippen LogP contribution in [0.2, 0.25) is 0 Å². The van der Waals surface area contributed by atoms with Crippen molar-refractivity contribution in [1.82, 2.24) is 0 Å². The van der Waals surface area contributed by atoms with Crippen LogP contribution in [0.15, 0.2) is 0 Å². The van der Waals surface area contributed by atoms with Crippen LogP contribution in [0.3, 0.4) is 0 Å². The van der Waals surface area contributed by atoms with E-state index in [0.717, 1.165) is 11.8 Å². The molecule has 0 aromatic rings. The Hall–Kier alpha value is 1.40. The van der Waals surface area contributed by atoms with Crippen molar-refractivity contribution in [1.29, 1.82) is 0 Å². The monoisotopic (exact) mass is 352 g/mol. The second-order valence-electron chi connectivity index (χ2n) is 6.31. The molecule has 20 heavy (non-hydrogen) atoms. The highest BCUT2D eigenvalue weighted by atomic mass is 32.2. The van der Waals surface area contributed by atoms with Crippen molar-refractivity contribution in [2.24, 2.45) is 11.8 Å². The quantitative estimate of drug-likeness (QED) is 0.384. The normalized spacial score (nSPS) is 26.4. The summed E-state index contributed by atoms with van der Waals surface area (Å²) in [6.07, 6.45) is 8.79. The fourth-order valence-electron chi connectivity index (χ4n) is 2.82. The topological polar surface area (TPSA) is 0 Å². The van der Waals surface area contributed by atoms with Crippen molar-refractivity contribution in [3.63, 3.8) is 0 Å². The summed E-state index contributed by atoms with van der Waals surface area (Å²) in [5.41, 5.74) is 0. The fourth-order valence-corrected chi connectivity index (χ4v) is 5.46. The van der Waals surface area contributed by atoms with Crippen molar-refractivity contribution >= 4 is 48.8 Å². The molecular formula is C16H32S4. The maximum absolute atomic E-state index is 4.44. The molecule has 2 atom stereocenters. The second kappa shape index (κ2) is 11.9. The molecule has 1 fully saturated rings. The second-order valence-corrected chi connectivity index (χ2v) is 10.4. The van der Waals surface area contributed by atoms with Gasteiger partial charge in [-0.2, -0.15) is 48.8 Å². The van der Waals surface area contributed by atoms with E-state index in [0.29, 0.717) is 10.5 Å². The lowest BCUT2D eigenvalue weighted by Crippen LogP contribution is -2.16. The van der Waals surface area contributed by atoms with Gasteiger partial charge >= 0.3 is 0 Å². The van der Waals surface area contributed by atoms with E-state index in [9.17, 15) is 0 Å². The fraction of sp³-hybridized carbons (Fsp3) is 1.00. The Balaban J connectivity index is 1.97. The van der Waals surface area contributed by atoms with Crippen LogP contribution in [-0.2, 0) is 0 Å². The molecule has 2 unspecified atom stereocenters.